The molecule has 0 aliphatic heterocycles. The van der Waals surface area contributed by atoms with Gasteiger partial charge in [-0.2, -0.15) is 5.26 Å². The summed E-state index contributed by atoms with van der Waals surface area (Å²) in [6.45, 7) is 2.02. The number of pyridine rings is 1. The van der Waals surface area contributed by atoms with E-state index in [9.17, 15) is 5.26 Å². The second kappa shape index (κ2) is 6.26. The molecule has 5 heteroatoms. The highest BCUT2D eigenvalue weighted by Crippen LogP contribution is 2.32. The van der Waals surface area contributed by atoms with Crippen LogP contribution in [-0.2, 0) is 0 Å². The van der Waals surface area contributed by atoms with Crippen LogP contribution < -0.4 is 5.73 Å². The van der Waals surface area contributed by atoms with Gasteiger partial charge in [0.15, 0.2) is 11.5 Å². The van der Waals surface area contributed by atoms with Crippen LogP contribution in [0, 0.1) is 18.3 Å². The van der Waals surface area contributed by atoms with Gasteiger partial charge in [0.05, 0.1) is 16.9 Å². The van der Waals surface area contributed by atoms with Gasteiger partial charge in [-0.05, 0) is 31.2 Å². The Morgan fingerprint density at radius 1 is 0.923 bits per heavy atom. The number of nitrogens with two attached hydrogens (primary N) is 1. The number of benzene rings is 2. The van der Waals surface area contributed by atoms with Crippen molar-refractivity contribution >= 4 is 16.7 Å². The summed E-state index contributed by atoms with van der Waals surface area (Å²) < 4.78 is 0. The van der Waals surface area contributed by atoms with E-state index in [1.807, 2.05) is 67.6 Å². The van der Waals surface area contributed by atoms with E-state index >= 15 is 0 Å². The van der Waals surface area contributed by atoms with E-state index in [0.717, 1.165) is 27.6 Å². The van der Waals surface area contributed by atoms with E-state index in [4.69, 9.17) is 5.73 Å². The zero-order valence-corrected chi connectivity index (χ0v) is 14.1. The van der Waals surface area contributed by atoms with Gasteiger partial charge in [-0.3, -0.25) is 4.98 Å². The molecule has 0 aliphatic rings. The second-order valence-electron chi connectivity index (χ2n) is 6.05. The first-order chi connectivity index (χ1) is 12.7. The number of rotatable bonds is 2. The van der Waals surface area contributed by atoms with Crippen molar-refractivity contribution in [3.05, 3.63) is 72.1 Å². The van der Waals surface area contributed by atoms with Crippen molar-refractivity contribution in [2.45, 2.75) is 6.92 Å². The third kappa shape index (κ3) is 2.74. The van der Waals surface area contributed by atoms with Crippen molar-refractivity contribution in [1.29, 1.82) is 5.26 Å². The number of hydrogen-bond donors (Lipinski definition) is 1. The lowest BCUT2D eigenvalue weighted by Crippen LogP contribution is -2.03. The van der Waals surface area contributed by atoms with E-state index in [2.05, 4.69) is 15.0 Å². The van der Waals surface area contributed by atoms with Crippen molar-refractivity contribution in [2.75, 3.05) is 5.73 Å². The lowest BCUT2D eigenvalue weighted by atomic mass is 10.0. The van der Waals surface area contributed by atoms with Crippen molar-refractivity contribution in [3.8, 4) is 28.6 Å². The van der Waals surface area contributed by atoms with Gasteiger partial charge in [0.25, 0.3) is 0 Å². The smallest absolute Gasteiger partial charge is 0.183 e. The molecule has 124 valence electrons. The number of hydrogen-bond acceptors (Lipinski definition) is 5. The van der Waals surface area contributed by atoms with Crippen molar-refractivity contribution < 1.29 is 0 Å². The summed E-state index contributed by atoms with van der Waals surface area (Å²) in [5.41, 5.74) is 11.1. The van der Waals surface area contributed by atoms with Crippen LogP contribution in [0.1, 0.15) is 11.3 Å². The Hall–Kier alpha value is -3.78. The number of fused-ring (bicyclic) bond motifs is 1. The largest absolute Gasteiger partial charge is 0.381 e. The van der Waals surface area contributed by atoms with Crippen LogP contribution in [0.15, 0.2) is 60.8 Å². The average Bonchev–Trinajstić information content (AvgIpc) is 2.67. The van der Waals surface area contributed by atoms with E-state index < -0.39 is 0 Å². The zero-order valence-electron chi connectivity index (χ0n) is 14.1. The quantitative estimate of drug-likeness (QED) is 0.594. The fraction of sp³-hybridized carbons (Fsp3) is 0.0476. The number of nitriles is 1. The topological polar surface area (TPSA) is 88.5 Å². The predicted octanol–water partition coefficient (Wildman–Crippen LogP) is 4.12. The summed E-state index contributed by atoms with van der Waals surface area (Å²) in [5, 5.41) is 10.3. The molecule has 2 heterocycles. The van der Waals surface area contributed by atoms with E-state index in [1.54, 1.807) is 6.20 Å². The van der Waals surface area contributed by atoms with Gasteiger partial charge in [-0.15, -0.1) is 0 Å². The number of aromatic nitrogens is 3. The lowest BCUT2D eigenvalue weighted by molar-refractivity contribution is 1.18. The molecule has 0 spiro atoms. The summed E-state index contributed by atoms with van der Waals surface area (Å²) in [6, 6.07) is 19.8. The number of anilines is 1. The maximum Gasteiger partial charge on any atom is 0.183 e. The van der Waals surface area contributed by atoms with Crippen molar-refractivity contribution in [3.63, 3.8) is 0 Å². The Bertz CT molecular complexity index is 1170. The van der Waals surface area contributed by atoms with E-state index in [0.29, 0.717) is 11.4 Å². The van der Waals surface area contributed by atoms with Crippen LogP contribution in [0.3, 0.4) is 0 Å². The fourth-order valence-corrected chi connectivity index (χ4v) is 2.95. The number of nitrogens with zero attached hydrogens (tertiary/aromatic N) is 4. The summed E-state index contributed by atoms with van der Waals surface area (Å²) in [5.74, 6) is 0.134. The molecule has 2 aromatic heterocycles. The van der Waals surface area contributed by atoms with Gasteiger partial charge in [0.2, 0.25) is 0 Å². The first kappa shape index (κ1) is 15.7. The minimum Gasteiger partial charge on any atom is -0.381 e. The van der Waals surface area contributed by atoms with Gasteiger partial charge < -0.3 is 5.73 Å². The van der Waals surface area contributed by atoms with Crippen LogP contribution in [0.25, 0.3) is 33.4 Å². The monoisotopic (exact) mass is 337 g/mol. The van der Waals surface area contributed by atoms with Crippen LogP contribution >= 0.6 is 0 Å². The first-order valence-electron chi connectivity index (χ1n) is 8.15. The summed E-state index contributed by atoms with van der Waals surface area (Å²) in [4.78, 5) is 13.3. The molecule has 0 saturated carbocycles. The van der Waals surface area contributed by atoms with Gasteiger partial charge in [-0.1, -0.05) is 35.9 Å². The molecule has 0 fully saturated rings. The maximum atomic E-state index is 9.32. The van der Waals surface area contributed by atoms with Gasteiger partial charge >= 0.3 is 0 Å². The molecule has 2 aromatic carbocycles. The molecule has 2 N–H and O–H groups in total. The molecule has 0 atom stereocenters. The van der Waals surface area contributed by atoms with Crippen molar-refractivity contribution in [2.24, 2.45) is 0 Å². The predicted molar refractivity (Wildman–Crippen MR) is 102 cm³/mol. The Morgan fingerprint density at radius 3 is 2.54 bits per heavy atom. The average molecular weight is 337 g/mol. The normalized spacial score (nSPS) is 10.6. The Balaban J connectivity index is 2.00. The molecule has 5 nitrogen and oxygen atoms in total. The highest BCUT2D eigenvalue weighted by molar-refractivity contribution is 5.87. The molecule has 0 unspecified atom stereocenters. The molecule has 26 heavy (non-hydrogen) atoms. The minimum atomic E-state index is 0.127. The molecule has 4 rings (SSSR count). The molecular weight excluding hydrogens is 322 g/mol. The molecule has 0 aliphatic carbocycles. The molecule has 0 amide bonds. The summed E-state index contributed by atoms with van der Waals surface area (Å²) >= 11 is 0. The first-order valence-corrected chi connectivity index (χ1v) is 8.15. The lowest BCUT2D eigenvalue weighted by Gasteiger charge is -2.11. The standard InChI is InChI=1S/C21H15N5/c1-13-4-2-5-15(10-13)20-19(25-18(12-22)21(23)26-20)16-7-8-17-14(11-16)6-3-9-24-17/h2-11H,1H3,(H2,23,26). The molecular formula is C21H15N5. The third-order valence-corrected chi connectivity index (χ3v) is 4.20. The summed E-state index contributed by atoms with van der Waals surface area (Å²) in [6.07, 6.45) is 1.76. The minimum absolute atomic E-state index is 0.127. The second-order valence-corrected chi connectivity index (χ2v) is 6.05. The molecule has 0 bridgehead atoms. The molecule has 0 saturated heterocycles. The summed E-state index contributed by atoms with van der Waals surface area (Å²) in [7, 11) is 0. The van der Waals surface area contributed by atoms with Crippen LogP contribution in [0.2, 0.25) is 0 Å². The van der Waals surface area contributed by atoms with Crippen molar-refractivity contribution in [1.82, 2.24) is 15.0 Å². The SMILES string of the molecule is Cc1cccc(-c2nc(N)c(C#N)nc2-c2ccc3ncccc3c2)c1. The molecule has 4 aromatic rings. The highest BCUT2D eigenvalue weighted by Gasteiger charge is 2.16. The Labute approximate surface area is 150 Å². The third-order valence-electron chi connectivity index (χ3n) is 4.20. The van der Waals surface area contributed by atoms with Gasteiger partial charge in [0, 0.05) is 22.7 Å². The van der Waals surface area contributed by atoms with Crippen LogP contribution in [0.4, 0.5) is 5.82 Å². The van der Waals surface area contributed by atoms with Crippen LogP contribution in [0.5, 0.6) is 0 Å². The van der Waals surface area contributed by atoms with E-state index in [-0.39, 0.29) is 11.5 Å². The van der Waals surface area contributed by atoms with Gasteiger partial charge in [0.1, 0.15) is 6.07 Å². The maximum absolute atomic E-state index is 9.32. The number of aryl methyl sites for hydroxylation is 1. The Morgan fingerprint density at radius 2 is 1.73 bits per heavy atom. The number of nitrogen functional groups attached to an aromatic ring is 1. The fourth-order valence-electron chi connectivity index (χ4n) is 2.95. The molecule has 0 radical (unpaired) electrons. The Kier molecular flexibility index (Phi) is 3.79. The highest BCUT2D eigenvalue weighted by atomic mass is 14.9. The van der Waals surface area contributed by atoms with E-state index in [1.165, 1.54) is 0 Å². The van der Waals surface area contributed by atoms with Crippen LogP contribution in [-0.4, -0.2) is 15.0 Å². The zero-order chi connectivity index (χ0) is 18.1. The van der Waals surface area contributed by atoms with Gasteiger partial charge in [-0.25, -0.2) is 9.97 Å².